The standard InChI is InChI=1S/C23H22FN3O2/c1-14(2)26-22(28)19-13-25-12-11-18-17-5-3-4-6-20(17)27(21(18)19)23(29)15-7-9-16(24)10-8-15/h3-10,13-14,19H,11-12H2,1-2H3,(H,26,28). The SMILES string of the molecule is CC(C)NC(=O)C1C=NCCc2c1n(C(=O)c1ccc(F)cc1)c1ccccc21. The van der Waals surface area contributed by atoms with Crippen molar-refractivity contribution in [1.82, 2.24) is 9.88 Å². The van der Waals surface area contributed by atoms with Crippen molar-refractivity contribution in [2.75, 3.05) is 6.54 Å². The average Bonchev–Trinajstić information content (AvgIpc) is 2.86. The van der Waals surface area contributed by atoms with Crippen LogP contribution in [0.4, 0.5) is 4.39 Å². The van der Waals surface area contributed by atoms with Crippen LogP contribution in [0.25, 0.3) is 10.9 Å². The third-order valence-corrected chi connectivity index (χ3v) is 5.07. The summed E-state index contributed by atoms with van der Waals surface area (Å²) in [5, 5.41) is 3.87. The van der Waals surface area contributed by atoms with Crippen molar-refractivity contribution in [3.63, 3.8) is 0 Å². The van der Waals surface area contributed by atoms with Gasteiger partial charge in [-0.15, -0.1) is 0 Å². The molecule has 4 rings (SSSR count). The number of carbonyl (C=O) groups is 2. The Morgan fingerprint density at radius 2 is 1.86 bits per heavy atom. The minimum Gasteiger partial charge on any atom is -0.353 e. The van der Waals surface area contributed by atoms with Gasteiger partial charge in [-0.3, -0.25) is 19.1 Å². The molecule has 148 valence electrons. The summed E-state index contributed by atoms with van der Waals surface area (Å²) in [6, 6.07) is 13.1. The molecule has 0 saturated carbocycles. The zero-order valence-electron chi connectivity index (χ0n) is 16.4. The van der Waals surface area contributed by atoms with Crippen molar-refractivity contribution in [3.05, 3.63) is 71.2 Å². The van der Waals surface area contributed by atoms with Gasteiger partial charge in [-0.1, -0.05) is 18.2 Å². The molecule has 29 heavy (non-hydrogen) atoms. The fourth-order valence-corrected chi connectivity index (χ4v) is 3.85. The molecule has 6 heteroatoms. The van der Waals surface area contributed by atoms with Crippen LogP contribution < -0.4 is 5.32 Å². The first-order valence-electron chi connectivity index (χ1n) is 9.70. The van der Waals surface area contributed by atoms with Gasteiger partial charge in [0.2, 0.25) is 5.91 Å². The maximum Gasteiger partial charge on any atom is 0.262 e. The normalized spacial score (nSPS) is 15.9. The number of carbonyl (C=O) groups excluding carboxylic acids is 2. The first kappa shape index (κ1) is 19.1. The zero-order valence-corrected chi connectivity index (χ0v) is 16.4. The highest BCUT2D eigenvalue weighted by molar-refractivity contribution is 6.08. The predicted octanol–water partition coefficient (Wildman–Crippen LogP) is 3.70. The molecule has 0 aliphatic carbocycles. The topological polar surface area (TPSA) is 63.5 Å². The summed E-state index contributed by atoms with van der Waals surface area (Å²) in [6.07, 6.45) is 2.28. The number of halogens is 1. The maximum absolute atomic E-state index is 13.5. The van der Waals surface area contributed by atoms with E-state index in [1.165, 1.54) is 24.3 Å². The predicted molar refractivity (Wildman–Crippen MR) is 111 cm³/mol. The molecular weight excluding hydrogens is 369 g/mol. The van der Waals surface area contributed by atoms with Crippen LogP contribution >= 0.6 is 0 Å². The molecule has 3 aromatic rings. The van der Waals surface area contributed by atoms with Gasteiger partial charge in [-0.25, -0.2) is 4.39 Å². The molecule has 0 fully saturated rings. The molecular formula is C23H22FN3O2. The van der Waals surface area contributed by atoms with Gasteiger partial charge in [-0.05, 0) is 56.2 Å². The lowest BCUT2D eigenvalue weighted by molar-refractivity contribution is -0.121. The molecule has 1 amide bonds. The number of benzene rings is 2. The molecule has 2 heterocycles. The van der Waals surface area contributed by atoms with Crippen LogP contribution in [0.2, 0.25) is 0 Å². The molecule has 2 aromatic carbocycles. The van der Waals surface area contributed by atoms with E-state index >= 15 is 0 Å². The Morgan fingerprint density at radius 3 is 2.59 bits per heavy atom. The van der Waals surface area contributed by atoms with E-state index in [9.17, 15) is 14.0 Å². The van der Waals surface area contributed by atoms with Crippen molar-refractivity contribution in [2.24, 2.45) is 4.99 Å². The number of rotatable bonds is 3. The van der Waals surface area contributed by atoms with Gasteiger partial charge in [0.1, 0.15) is 11.7 Å². The number of hydrogen-bond acceptors (Lipinski definition) is 3. The van der Waals surface area contributed by atoms with Crippen LogP contribution in [-0.2, 0) is 11.2 Å². The minimum absolute atomic E-state index is 0.0340. The Labute approximate surface area is 168 Å². The number of aliphatic imine (C=N–C) groups is 1. The van der Waals surface area contributed by atoms with Crippen molar-refractivity contribution < 1.29 is 14.0 Å². The van der Waals surface area contributed by atoms with Crippen molar-refractivity contribution in [3.8, 4) is 0 Å². The van der Waals surface area contributed by atoms with E-state index in [0.717, 1.165) is 16.5 Å². The highest BCUT2D eigenvalue weighted by Gasteiger charge is 2.32. The molecule has 5 nitrogen and oxygen atoms in total. The molecule has 0 bridgehead atoms. The number of hydrogen-bond donors (Lipinski definition) is 1. The highest BCUT2D eigenvalue weighted by Crippen LogP contribution is 2.33. The van der Waals surface area contributed by atoms with Gasteiger partial charge < -0.3 is 5.32 Å². The summed E-state index contributed by atoms with van der Waals surface area (Å²) in [6.45, 7) is 4.34. The summed E-state index contributed by atoms with van der Waals surface area (Å²) < 4.78 is 15.0. The first-order valence-corrected chi connectivity index (χ1v) is 9.70. The second-order valence-electron chi connectivity index (χ2n) is 7.47. The number of fused-ring (bicyclic) bond motifs is 3. The number of nitrogens with one attached hydrogen (secondary N) is 1. The van der Waals surface area contributed by atoms with Gasteiger partial charge in [-0.2, -0.15) is 0 Å². The largest absolute Gasteiger partial charge is 0.353 e. The Balaban J connectivity index is 1.95. The number of nitrogens with zero attached hydrogens (tertiary/aromatic N) is 2. The second kappa shape index (κ2) is 7.62. The van der Waals surface area contributed by atoms with E-state index in [1.807, 2.05) is 38.1 Å². The van der Waals surface area contributed by atoms with Crippen LogP contribution in [-0.4, -0.2) is 35.2 Å². The molecule has 1 aliphatic heterocycles. The number of aromatic nitrogens is 1. The molecule has 1 aromatic heterocycles. The Bertz CT molecular complexity index is 1110. The zero-order chi connectivity index (χ0) is 20.5. The number of amides is 1. The van der Waals surface area contributed by atoms with E-state index in [-0.39, 0.29) is 17.9 Å². The monoisotopic (exact) mass is 391 g/mol. The molecule has 0 saturated heterocycles. The quantitative estimate of drug-likeness (QED) is 0.740. The van der Waals surface area contributed by atoms with Gasteiger partial charge in [0, 0.05) is 35.4 Å². The van der Waals surface area contributed by atoms with Crippen LogP contribution in [0, 0.1) is 5.82 Å². The lowest BCUT2D eigenvalue weighted by Crippen LogP contribution is -2.36. The Kier molecular flexibility index (Phi) is 5.01. The van der Waals surface area contributed by atoms with Crippen molar-refractivity contribution in [1.29, 1.82) is 0 Å². The van der Waals surface area contributed by atoms with Gasteiger partial charge in [0.25, 0.3) is 5.91 Å². The lowest BCUT2D eigenvalue weighted by Gasteiger charge is -2.18. The number of para-hydroxylation sites is 1. The van der Waals surface area contributed by atoms with Gasteiger partial charge in [0.15, 0.2) is 0 Å². The third-order valence-electron chi connectivity index (χ3n) is 5.07. The maximum atomic E-state index is 13.5. The van der Waals surface area contributed by atoms with Crippen LogP contribution in [0.1, 0.15) is 41.4 Å². The van der Waals surface area contributed by atoms with E-state index < -0.39 is 11.7 Å². The lowest BCUT2D eigenvalue weighted by atomic mass is 9.98. The van der Waals surface area contributed by atoms with Crippen LogP contribution in [0.5, 0.6) is 0 Å². The van der Waals surface area contributed by atoms with Crippen molar-refractivity contribution in [2.45, 2.75) is 32.2 Å². The molecule has 0 spiro atoms. The van der Waals surface area contributed by atoms with Gasteiger partial charge in [0.05, 0.1) is 5.52 Å². The summed E-state index contributed by atoms with van der Waals surface area (Å²) in [5.74, 6) is -1.56. The average molecular weight is 391 g/mol. The first-order chi connectivity index (χ1) is 14.0. The molecule has 1 atom stereocenters. The summed E-state index contributed by atoms with van der Waals surface area (Å²) in [4.78, 5) is 30.9. The van der Waals surface area contributed by atoms with Gasteiger partial charge >= 0.3 is 0 Å². The molecule has 0 radical (unpaired) electrons. The Hall–Kier alpha value is -3.28. The summed E-state index contributed by atoms with van der Waals surface area (Å²) in [5.41, 5.74) is 2.70. The summed E-state index contributed by atoms with van der Waals surface area (Å²) >= 11 is 0. The summed E-state index contributed by atoms with van der Waals surface area (Å²) in [7, 11) is 0. The van der Waals surface area contributed by atoms with Crippen molar-refractivity contribution >= 4 is 28.9 Å². The molecule has 1 unspecified atom stereocenters. The fourth-order valence-electron chi connectivity index (χ4n) is 3.85. The van der Waals surface area contributed by atoms with Crippen LogP contribution in [0.15, 0.2) is 53.5 Å². The minimum atomic E-state index is -0.674. The molecule has 1 aliphatic rings. The van der Waals surface area contributed by atoms with E-state index in [4.69, 9.17) is 0 Å². The second-order valence-corrected chi connectivity index (χ2v) is 7.47. The Morgan fingerprint density at radius 1 is 1.14 bits per heavy atom. The smallest absolute Gasteiger partial charge is 0.262 e. The molecule has 1 N–H and O–H groups in total. The fraction of sp³-hybridized carbons (Fsp3) is 0.261. The van der Waals surface area contributed by atoms with Crippen LogP contribution in [0.3, 0.4) is 0 Å². The van der Waals surface area contributed by atoms with E-state index in [1.54, 1.807) is 10.8 Å². The highest BCUT2D eigenvalue weighted by atomic mass is 19.1. The third kappa shape index (κ3) is 3.46. The van der Waals surface area contributed by atoms with E-state index in [2.05, 4.69) is 10.3 Å². The van der Waals surface area contributed by atoms with E-state index in [0.29, 0.717) is 24.2 Å².